The molecule has 1 heterocycles. The van der Waals surface area contributed by atoms with Gasteiger partial charge in [0.1, 0.15) is 17.3 Å². The lowest BCUT2D eigenvalue weighted by atomic mass is 9.95. The number of anilines is 1. The van der Waals surface area contributed by atoms with Crippen LogP contribution in [0.5, 0.6) is 0 Å². The third-order valence-corrected chi connectivity index (χ3v) is 3.96. The van der Waals surface area contributed by atoms with E-state index in [1.54, 1.807) is 4.90 Å². The van der Waals surface area contributed by atoms with E-state index < -0.39 is 11.6 Å². The lowest BCUT2D eigenvalue weighted by Crippen LogP contribution is -2.37. The Balaban J connectivity index is 2.38. The number of halogens is 2. The van der Waals surface area contributed by atoms with Gasteiger partial charge in [0.25, 0.3) is 0 Å². The van der Waals surface area contributed by atoms with E-state index in [4.69, 9.17) is 4.74 Å². The first kappa shape index (κ1) is 17.3. The Labute approximate surface area is 134 Å². The summed E-state index contributed by atoms with van der Waals surface area (Å²) in [6.07, 6.45) is 1.16. The van der Waals surface area contributed by atoms with Gasteiger partial charge in [-0.15, -0.1) is 0 Å². The van der Waals surface area contributed by atoms with Crippen LogP contribution in [0, 0.1) is 17.6 Å². The number of hydrogen-bond donors (Lipinski definition) is 1. The fourth-order valence-corrected chi connectivity index (χ4v) is 2.55. The van der Waals surface area contributed by atoms with Crippen molar-refractivity contribution >= 4 is 17.8 Å². The largest absolute Gasteiger partial charge is 0.378 e. The maximum Gasteiger partial charge on any atom is 0.227 e. The van der Waals surface area contributed by atoms with Crippen LogP contribution in [-0.4, -0.2) is 38.4 Å². The molecule has 0 aromatic heterocycles. The fraction of sp³-hybridized carbons (Fsp3) is 0.500. The average Bonchev–Trinajstić information content (AvgIpc) is 2.55. The van der Waals surface area contributed by atoms with Gasteiger partial charge < -0.3 is 9.64 Å². The number of ether oxygens (including phenoxy) is 1. The Hall–Kier alpha value is -2.02. The van der Waals surface area contributed by atoms with E-state index in [1.807, 2.05) is 13.8 Å². The van der Waals surface area contributed by atoms with E-state index in [9.17, 15) is 13.6 Å². The molecule has 0 unspecified atom stereocenters. The van der Waals surface area contributed by atoms with Gasteiger partial charge in [-0.2, -0.15) is 5.10 Å². The smallest absolute Gasteiger partial charge is 0.227 e. The molecule has 1 amide bonds. The summed E-state index contributed by atoms with van der Waals surface area (Å²) in [6.45, 7) is 5.62. The first-order valence-electron chi connectivity index (χ1n) is 7.67. The van der Waals surface area contributed by atoms with Gasteiger partial charge in [-0.25, -0.2) is 14.2 Å². The van der Waals surface area contributed by atoms with E-state index in [0.29, 0.717) is 44.0 Å². The third kappa shape index (κ3) is 4.04. The lowest BCUT2D eigenvalue weighted by molar-refractivity contribution is -0.109. The summed E-state index contributed by atoms with van der Waals surface area (Å²) in [7, 11) is 0. The van der Waals surface area contributed by atoms with Crippen molar-refractivity contribution in [2.24, 2.45) is 11.0 Å². The van der Waals surface area contributed by atoms with Crippen LogP contribution in [0.15, 0.2) is 17.2 Å². The number of carbonyl (C=O) groups is 1. The lowest BCUT2D eigenvalue weighted by Gasteiger charge is -2.29. The van der Waals surface area contributed by atoms with Crippen LogP contribution in [0.4, 0.5) is 14.5 Å². The number of carbonyl (C=O) groups excluding carboxylic acids is 1. The quantitative estimate of drug-likeness (QED) is 0.496. The highest BCUT2D eigenvalue weighted by Gasteiger charge is 2.22. The molecule has 1 fully saturated rings. The SMILES string of the molecule is CC[C@@H](C)/C(=N\NC=O)c1cc(F)c(N2CCOCC2)c(F)c1. The molecule has 0 spiro atoms. The minimum atomic E-state index is -0.635. The number of hydrazone groups is 1. The second-order valence-electron chi connectivity index (χ2n) is 5.44. The van der Waals surface area contributed by atoms with E-state index >= 15 is 0 Å². The molecule has 1 aliphatic rings. The molecule has 7 heteroatoms. The number of amides is 1. The van der Waals surface area contributed by atoms with Gasteiger partial charge in [0, 0.05) is 24.6 Å². The minimum Gasteiger partial charge on any atom is -0.378 e. The molecule has 1 atom stereocenters. The summed E-state index contributed by atoms with van der Waals surface area (Å²) in [5.74, 6) is -1.32. The second kappa shape index (κ2) is 8.01. The van der Waals surface area contributed by atoms with E-state index in [1.165, 1.54) is 12.1 Å². The zero-order chi connectivity index (χ0) is 16.8. The Morgan fingerprint density at radius 2 is 2.00 bits per heavy atom. The highest BCUT2D eigenvalue weighted by molar-refractivity contribution is 6.02. The Kier molecular flexibility index (Phi) is 6.04. The zero-order valence-electron chi connectivity index (χ0n) is 13.3. The highest BCUT2D eigenvalue weighted by Crippen LogP contribution is 2.27. The van der Waals surface area contributed by atoms with Crippen LogP contribution in [-0.2, 0) is 9.53 Å². The summed E-state index contributed by atoms with van der Waals surface area (Å²) in [6, 6.07) is 2.54. The van der Waals surface area contributed by atoms with Crippen LogP contribution < -0.4 is 10.3 Å². The van der Waals surface area contributed by atoms with Crippen LogP contribution in [0.3, 0.4) is 0 Å². The molecular formula is C16H21F2N3O2. The van der Waals surface area contributed by atoms with Crippen molar-refractivity contribution in [2.75, 3.05) is 31.2 Å². The molecule has 1 N–H and O–H groups in total. The topological polar surface area (TPSA) is 53.9 Å². The first-order valence-corrected chi connectivity index (χ1v) is 7.67. The molecule has 0 bridgehead atoms. The Bertz CT molecular complexity index is 564. The Morgan fingerprint density at radius 1 is 1.39 bits per heavy atom. The summed E-state index contributed by atoms with van der Waals surface area (Å²) in [5, 5.41) is 3.94. The molecule has 126 valence electrons. The number of hydrogen-bond acceptors (Lipinski definition) is 4. The van der Waals surface area contributed by atoms with Crippen molar-refractivity contribution in [3.8, 4) is 0 Å². The molecule has 1 aliphatic heterocycles. The minimum absolute atomic E-state index is 0.0381. The maximum absolute atomic E-state index is 14.5. The van der Waals surface area contributed by atoms with Gasteiger partial charge in [0.15, 0.2) is 0 Å². The van der Waals surface area contributed by atoms with Crippen molar-refractivity contribution in [1.29, 1.82) is 0 Å². The number of rotatable bonds is 6. The van der Waals surface area contributed by atoms with Gasteiger partial charge in [0.2, 0.25) is 6.41 Å². The van der Waals surface area contributed by atoms with Crippen LogP contribution >= 0.6 is 0 Å². The zero-order valence-corrected chi connectivity index (χ0v) is 13.3. The molecule has 5 nitrogen and oxygen atoms in total. The van der Waals surface area contributed by atoms with Crippen LogP contribution in [0.2, 0.25) is 0 Å². The molecule has 1 saturated heterocycles. The normalized spacial score (nSPS) is 17.0. The predicted octanol–water partition coefficient (Wildman–Crippen LogP) is 2.30. The van der Waals surface area contributed by atoms with Gasteiger partial charge in [-0.3, -0.25) is 4.79 Å². The van der Waals surface area contributed by atoms with Crippen molar-refractivity contribution < 1.29 is 18.3 Å². The molecule has 2 rings (SSSR count). The molecule has 23 heavy (non-hydrogen) atoms. The number of benzene rings is 1. The Morgan fingerprint density at radius 3 is 2.52 bits per heavy atom. The third-order valence-electron chi connectivity index (χ3n) is 3.96. The predicted molar refractivity (Wildman–Crippen MR) is 84.6 cm³/mol. The summed E-state index contributed by atoms with van der Waals surface area (Å²) in [5.41, 5.74) is 2.96. The van der Waals surface area contributed by atoms with E-state index in [2.05, 4.69) is 10.5 Å². The van der Waals surface area contributed by atoms with Gasteiger partial charge in [-0.05, 0) is 18.6 Å². The monoisotopic (exact) mass is 325 g/mol. The van der Waals surface area contributed by atoms with Gasteiger partial charge in [0.05, 0.1) is 18.9 Å². The second-order valence-corrected chi connectivity index (χ2v) is 5.44. The van der Waals surface area contributed by atoms with Crippen molar-refractivity contribution in [1.82, 2.24) is 5.43 Å². The van der Waals surface area contributed by atoms with Crippen LogP contribution in [0.1, 0.15) is 25.8 Å². The van der Waals surface area contributed by atoms with E-state index in [0.717, 1.165) is 6.42 Å². The van der Waals surface area contributed by atoms with Crippen LogP contribution in [0.25, 0.3) is 0 Å². The molecular weight excluding hydrogens is 304 g/mol. The number of nitrogens with one attached hydrogen (secondary N) is 1. The fourth-order valence-electron chi connectivity index (χ4n) is 2.55. The highest BCUT2D eigenvalue weighted by atomic mass is 19.1. The van der Waals surface area contributed by atoms with Gasteiger partial charge >= 0.3 is 0 Å². The average molecular weight is 325 g/mol. The molecule has 0 saturated carbocycles. The number of morpholine rings is 1. The summed E-state index contributed by atoms with van der Waals surface area (Å²) >= 11 is 0. The summed E-state index contributed by atoms with van der Waals surface area (Å²) < 4.78 is 34.2. The maximum atomic E-state index is 14.5. The number of nitrogens with zero attached hydrogens (tertiary/aromatic N) is 2. The molecule has 0 radical (unpaired) electrons. The van der Waals surface area contributed by atoms with Gasteiger partial charge in [-0.1, -0.05) is 13.8 Å². The molecule has 1 aromatic carbocycles. The molecule has 0 aliphatic carbocycles. The molecule has 1 aromatic rings. The van der Waals surface area contributed by atoms with E-state index in [-0.39, 0.29) is 11.6 Å². The first-order chi connectivity index (χ1) is 11.1. The van der Waals surface area contributed by atoms with Crippen molar-refractivity contribution in [3.05, 3.63) is 29.3 Å². The van der Waals surface area contributed by atoms with Crippen molar-refractivity contribution in [2.45, 2.75) is 20.3 Å². The van der Waals surface area contributed by atoms with Crippen molar-refractivity contribution in [3.63, 3.8) is 0 Å². The standard InChI is InChI=1S/C16H21F2N3O2/c1-3-11(2)15(20-19-10-22)12-8-13(17)16(14(18)9-12)21-4-6-23-7-5-21/h8-11H,3-7H2,1-2H3,(H,19,22)/b20-15+/t11-/m1/s1. The summed E-state index contributed by atoms with van der Waals surface area (Å²) in [4.78, 5) is 12.1.